The van der Waals surface area contributed by atoms with Gasteiger partial charge in [-0.15, -0.1) is 0 Å². The molecule has 1 heterocycles. The minimum Gasteiger partial charge on any atom is -0.382 e. The van der Waals surface area contributed by atoms with Crippen LogP contribution in [0.4, 0.5) is 10.1 Å². The van der Waals surface area contributed by atoms with Crippen molar-refractivity contribution in [3.63, 3.8) is 0 Å². The van der Waals surface area contributed by atoms with Gasteiger partial charge in [-0.25, -0.2) is 4.39 Å². The normalized spacial score (nSPS) is 10.4. The summed E-state index contributed by atoms with van der Waals surface area (Å²) >= 11 is 0. The number of nitrogens with one attached hydrogen (secondary N) is 2. The van der Waals surface area contributed by atoms with Crippen LogP contribution in [0.5, 0.6) is 0 Å². The van der Waals surface area contributed by atoms with Crippen LogP contribution in [0.15, 0.2) is 30.5 Å². The number of aromatic nitrogens is 2. The third kappa shape index (κ3) is 3.59. The minimum absolute atomic E-state index is 0.252. The summed E-state index contributed by atoms with van der Waals surface area (Å²) in [6.07, 6.45) is 2.52. The number of hydrogen-bond acceptors (Lipinski definition) is 3. The number of benzene rings is 1. The van der Waals surface area contributed by atoms with Crippen LogP contribution in [0.25, 0.3) is 0 Å². The van der Waals surface area contributed by atoms with E-state index < -0.39 is 5.82 Å². The lowest BCUT2D eigenvalue weighted by Crippen LogP contribution is -2.25. The van der Waals surface area contributed by atoms with E-state index in [1.807, 2.05) is 13.0 Å². The van der Waals surface area contributed by atoms with Gasteiger partial charge in [-0.1, -0.05) is 13.0 Å². The average molecular weight is 290 g/mol. The molecular weight excluding hydrogens is 271 g/mol. The van der Waals surface area contributed by atoms with Crippen LogP contribution >= 0.6 is 0 Å². The molecular formula is C15H19FN4O. The lowest BCUT2D eigenvalue weighted by Gasteiger charge is -2.12. The summed E-state index contributed by atoms with van der Waals surface area (Å²) in [5, 5.41) is 9.78. The lowest BCUT2D eigenvalue weighted by molar-refractivity contribution is 0.0950. The highest BCUT2D eigenvalue weighted by Gasteiger charge is 2.14. The van der Waals surface area contributed by atoms with Gasteiger partial charge >= 0.3 is 0 Å². The molecule has 2 rings (SSSR count). The first-order chi connectivity index (χ1) is 10.1. The summed E-state index contributed by atoms with van der Waals surface area (Å²) < 4.78 is 15.5. The van der Waals surface area contributed by atoms with Crippen LogP contribution in [0.3, 0.4) is 0 Å². The minimum atomic E-state index is -0.420. The summed E-state index contributed by atoms with van der Waals surface area (Å²) in [6, 6.07) is 6.31. The largest absolute Gasteiger partial charge is 0.382 e. The molecule has 0 fully saturated rings. The first-order valence-electron chi connectivity index (χ1n) is 6.91. The number of halogens is 1. The second-order valence-electron chi connectivity index (χ2n) is 4.72. The van der Waals surface area contributed by atoms with Crippen LogP contribution in [0, 0.1) is 5.82 Å². The first kappa shape index (κ1) is 15.0. The second-order valence-corrected chi connectivity index (χ2v) is 4.72. The number of anilines is 1. The van der Waals surface area contributed by atoms with Gasteiger partial charge in [0.1, 0.15) is 5.82 Å². The fourth-order valence-electron chi connectivity index (χ4n) is 1.98. The maximum atomic E-state index is 13.9. The van der Waals surface area contributed by atoms with Crippen molar-refractivity contribution in [2.45, 2.75) is 19.9 Å². The quantitative estimate of drug-likeness (QED) is 0.858. The average Bonchev–Trinajstić information content (AvgIpc) is 2.88. The van der Waals surface area contributed by atoms with Gasteiger partial charge in [-0.3, -0.25) is 9.48 Å². The van der Waals surface area contributed by atoms with Crippen LogP contribution in [0.2, 0.25) is 0 Å². The van der Waals surface area contributed by atoms with Crippen molar-refractivity contribution < 1.29 is 9.18 Å². The Bertz CT molecular complexity index is 624. The topological polar surface area (TPSA) is 59.0 Å². The molecule has 1 aromatic heterocycles. The molecule has 21 heavy (non-hydrogen) atoms. The summed E-state index contributed by atoms with van der Waals surface area (Å²) in [5.74, 6) is -0.731. The van der Waals surface area contributed by atoms with Crippen molar-refractivity contribution in [1.29, 1.82) is 0 Å². The van der Waals surface area contributed by atoms with E-state index in [4.69, 9.17) is 0 Å². The van der Waals surface area contributed by atoms with Gasteiger partial charge in [-0.05, 0) is 24.6 Å². The molecule has 0 saturated carbocycles. The highest BCUT2D eigenvalue weighted by atomic mass is 19.1. The molecule has 0 saturated heterocycles. The third-order valence-electron chi connectivity index (χ3n) is 3.16. The number of para-hydroxylation sites is 1. The Balaban J connectivity index is 2.11. The number of carbonyl (C=O) groups is 1. The van der Waals surface area contributed by atoms with Gasteiger partial charge < -0.3 is 10.6 Å². The number of hydrogen-bond donors (Lipinski definition) is 2. The molecule has 1 amide bonds. The summed E-state index contributed by atoms with van der Waals surface area (Å²) in [6.45, 7) is 2.94. The summed E-state index contributed by atoms with van der Waals surface area (Å²) in [4.78, 5) is 12.2. The van der Waals surface area contributed by atoms with Crippen LogP contribution < -0.4 is 10.6 Å². The van der Waals surface area contributed by atoms with E-state index >= 15 is 0 Å². The number of aryl methyl sites for hydroxylation is 1. The van der Waals surface area contributed by atoms with Crippen molar-refractivity contribution >= 4 is 11.6 Å². The van der Waals surface area contributed by atoms with Crippen LogP contribution in [0.1, 0.15) is 29.4 Å². The zero-order valence-corrected chi connectivity index (χ0v) is 12.2. The zero-order valence-electron chi connectivity index (χ0n) is 12.2. The highest BCUT2D eigenvalue weighted by molar-refractivity contribution is 5.99. The number of carbonyl (C=O) groups excluding carboxylic acids is 1. The lowest BCUT2D eigenvalue weighted by atomic mass is 10.1. The molecule has 0 unspecified atom stereocenters. The van der Waals surface area contributed by atoms with Crippen molar-refractivity contribution in [2.75, 3.05) is 11.9 Å². The van der Waals surface area contributed by atoms with E-state index in [0.717, 1.165) is 12.1 Å². The van der Waals surface area contributed by atoms with Crippen molar-refractivity contribution in [2.24, 2.45) is 7.05 Å². The van der Waals surface area contributed by atoms with Crippen molar-refractivity contribution in [1.82, 2.24) is 15.1 Å². The Kier molecular flexibility index (Phi) is 4.92. The molecule has 5 nitrogen and oxygen atoms in total. The van der Waals surface area contributed by atoms with Crippen LogP contribution in [-0.4, -0.2) is 22.2 Å². The highest BCUT2D eigenvalue weighted by Crippen LogP contribution is 2.20. The third-order valence-corrected chi connectivity index (χ3v) is 3.16. The molecule has 0 aliphatic heterocycles. The van der Waals surface area contributed by atoms with E-state index in [-0.39, 0.29) is 11.6 Å². The monoisotopic (exact) mass is 290 g/mol. The fraction of sp³-hybridized carbons (Fsp3) is 0.333. The van der Waals surface area contributed by atoms with Crippen molar-refractivity contribution in [3.05, 3.63) is 47.5 Å². The van der Waals surface area contributed by atoms with Gasteiger partial charge in [0.2, 0.25) is 0 Å². The molecule has 0 bridgehead atoms. The van der Waals surface area contributed by atoms with E-state index in [1.165, 1.54) is 12.1 Å². The Labute approximate surface area is 123 Å². The molecule has 112 valence electrons. The zero-order chi connectivity index (χ0) is 15.2. The summed E-state index contributed by atoms with van der Waals surface area (Å²) in [7, 11) is 1.80. The van der Waals surface area contributed by atoms with E-state index in [2.05, 4.69) is 15.7 Å². The maximum Gasteiger partial charge on any atom is 0.253 e. The van der Waals surface area contributed by atoms with Gasteiger partial charge in [0, 0.05) is 19.8 Å². The smallest absolute Gasteiger partial charge is 0.253 e. The predicted molar refractivity (Wildman–Crippen MR) is 79.6 cm³/mol. The molecule has 2 aromatic rings. The number of nitrogens with zero attached hydrogens (tertiary/aromatic N) is 2. The van der Waals surface area contributed by atoms with Gasteiger partial charge in [-0.2, -0.15) is 5.10 Å². The Morgan fingerprint density at radius 3 is 2.86 bits per heavy atom. The van der Waals surface area contributed by atoms with Gasteiger partial charge in [0.25, 0.3) is 5.91 Å². The van der Waals surface area contributed by atoms with Gasteiger partial charge in [0.05, 0.1) is 23.5 Å². The standard InChI is InChI=1S/C15H19FN4O/c1-3-8-17-14-12(5-4-6-13(14)16)15(21)18-10-11-7-9-19-20(11)2/h4-7,9,17H,3,8,10H2,1-2H3,(H,18,21). The predicted octanol–water partition coefficient (Wildman–Crippen LogP) is 2.31. The van der Waals surface area contributed by atoms with Crippen LogP contribution in [-0.2, 0) is 13.6 Å². The SMILES string of the molecule is CCCNc1c(F)cccc1C(=O)NCc1ccnn1C. The molecule has 0 aliphatic carbocycles. The molecule has 2 N–H and O–H groups in total. The van der Waals surface area contributed by atoms with E-state index in [1.54, 1.807) is 24.0 Å². The molecule has 1 aromatic carbocycles. The second kappa shape index (κ2) is 6.88. The molecule has 0 aliphatic rings. The Morgan fingerprint density at radius 1 is 1.38 bits per heavy atom. The van der Waals surface area contributed by atoms with Gasteiger partial charge in [0.15, 0.2) is 0 Å². The maximum absolute atomic E-state index is 13.9. The number of rotatable bonds is 6. The van der Waals surface area contributed by atoms with Crippen molar-refractivity contribution in [3.8, 4) is 0 Å². The number of amides is 1. The first-order valence-corrected chi connectivity index (χ1v) is 6.91. The van der Waals surface area contributed by atoms with E-state index in [0.29, 0.717) is 18.7 Å². The molecule has 0 atom stereocenters. The molecule has 6 heteroatoms. The Hall–Kier alpha value is -2.37. The van der Waals surface area contributed by atoms with E-state index in [9.17, 15) is 9.18 Å². The fourth-order valence-corrected chi connectivity index (χ4v) is 1.98. The molecule has 0 spiro atoms. The summed E-state index contributed by atoms with van der Waals surface area (Å²) in [5.41, 5.74) is 1.44. The molecule has 0 radical (unpaired) electrons. The Morgan fingerprint density at radius 2 is 2.19 bits per heavy atom.